The molecule has 5 aliphatic carbocycles. The van der Waals surface area contributed by atoms with E-state index in [-0.39, 0.29) is 51.1 Å². The maximum absolute atomic E-state index is 12.7. The molecular formula is C29H48O3. The summed E-state index contributed by atoms with van der Waals surface area (Å²) in [6.07, 6.45) is 9.20. The molecule has 2 N–H and O–H groups in total. The van der Waals surface area contributed by atoms with E-state index in [4.69, 9.17) is 0 Å². The molecule has 3 nitrogen and oxygen atoms in total. The fourth-order valence-electron chi connectivity index (χ4n) is 11.5. The van der Waals surface area contributed by atoms with Crippen molar-refractivity contribution in [1.29, 1.82) is 0 Å². The van der Waals surface area contributed by atoms with Gasteiger partial charge in [0.05, 0.1) is 12.2 Å². The summed E-state index contributed by atoms with van der Waals surface area (Å²) in [5.74, 6) is 2.17. The number of hydrogen-bond donors (Lipinski definition) is 2. The lowest BCUT2D eigenvalue weighted by Gasteiger charge is -2.73. The third kappa shape index (κ3) is 2.65. The molecule has 0 aromatic rings. The highest BCUT2D eigenvalue weighted by Crippen LogP contribution is 2.77. The fraction of sp³-hybridized carbons (Fsp3) is 0.966. The number of aliphatic hydroxyl groups is 2. The van der Waals surface area contributed by atoms with Gasteiger partial charge in [-0.05, 0) is 115 Å². The SMILES string of the molecule is CC(=O)C1CCC2(C)CCC3(C)C(CC(O)C4C5(C)CCC(O)C(C)(C)C5CCC43C)C12. The quantitative estimate of drug-likeness (QED) is 0.521. The summed E-state index contributed by atoms with van der Waals surface area (Å²) in [6, 6.07) is 0. The van der Waals surface area contributed by atoms with Crippen LogP contribution in [0.4, 0.5) is 0 Å². The van der Waals surface area contributed by atoms with Gasteiger partial charge in [0.1, 0.15) is 5.78 Å². The minimum absolute atomic E-state index is 0.0690. The number of ketones is 1. The third-order valence-corrected chi connectivity index (χ3v) is 13.3. The van der Waals surface area contributed by atoms with Gasteiger partial charge in [0.25, 0.3) is 0 Å². The van der Waals surface area contributed by atoms with E-state index < -0.39 is 0 Å². The summed E-state index contributed by atoms with van der Waals surface area (Å²) >= 11 is 0. The van der Waals surface area contributed by atoms with E-state index in [1.54, 1.807) is 0 Å². The molecule has 0 amide bonds. The Hall–Kier alpha value is -0.410. The van der Waals surface area contributed by atoms with E-state index in [0.29, 0.717) is 23.5 Å². The van der Waals surface area contributed by atoms with E-state index in [1.807, 2.05) is 6.92 Å². The second kappa shape index (κ2) is 6.84. The fourth-order valence-corrected chi connectivity index (χ4v) is 11.5. The van der Waals surface area contributed by atoms with Gasteiger partial charge in [-0.3, -0.25) is 4.79 Å². The second-order valence-electron chi connectivity index (χ2n) is 14.6. The van der Waals surface area contributed by atoms with Crippen molar-refractivity contribution in [3.8, 4) is 0 Å². The van der Waals surface area contributed by atoms with Gasteiger partial charge in [-0.15, -0.1) is 0 Å². The van der Waals surface area contributed by atoms with Gasteiger partial charge in [0.2, 0.25) is 0 Å². The number of rotatable bonds is 1. The van der Waals surface area contributed by atoms with Crippen LogP contribution >= 0.6 is 0 Å². The number of Topliss-reactive ketones (excluding diaryl/α,β-unsaturated/α-hetero) is 1. The Labute approximate surface area is 196 Å². The largest absolute Gasteiger partial charge is 0.393 e. The summed E-state index contributed by atoms with van der Waals surface area (Å²) in [4.78, 5) is 12.7. The molecule has 5 rings (SSSR count). The van der Waals surface area contributed by atoms with Crippen LogP contribution < -0.4 is 0 Å². The number of carbonyl (C=O) groups is 1. The smallest absolute Gasteiger partial charge is 0.133 e. The van der Waals surface area contributed by atoms with Crippen molar-refractivity contribution in [1.82, 2.24) is 0 Å². The Bertz CT molecular complexity index is 804. The third-order valence-electron chi connectivity index (χ3n) is 13.3. The first-order valence-corrected chi connectivity index (χ1v) is 13.6. The van der Waals surface area contributed by atoms with Crippen molar-refractivity contribution >= 4 is 5.78 Å². The van der Waals surface area contributed by atoms with Crippen molar-refractivity contribution < 1.29 is 15.0 Å². The van der Waals surface area contributed by atoms with Gasteiger partial charge >= 0.3 is 0 Å². The van der Waals surface area contributed by atoms with Crippen molar-refractivity contribution in [3.63, 3.8) is 0 Å². The number of fused-ring (bicyclic) bond motifs is 7. The molecule has 0 radical (unpaired) electrons. The van der Waals surface area contributed by atoms with Crippen LogP contribution in [0.25, 0.3) is 0 Å². The van der Waals surface area contributed by atoms with Crippen molar-refractivity contribution in [3.05, 3.63) is 0 Å². The van der Waals surface area contributed by atoms with Crippen LogP contribution in [0.15, 0.2) is 0 Å². The highest BCUT2D eigenvalue weighted by Gasteiger charge is 2.72. The van der Waals surface area contributed by atoms with E-state index >= 15 is 0 Å². The molecule has 0 aromatic heterocycles. The molecule has 5 fully saturated rings. The molecule has 5 saturated carbocycles. The van der Waals surface area contributed by atoms with Crippen molar-refractivity contribution in [2.24, 2.45) is 56.7 Å². The minimum atomic E-state index is -0.299. The van der Waals surface area contributed by atoms with Crippen LogP contribution in [0.5, 0.6) is 0 Å². The lowest BCUT2D eigenvalue weighted by molar-refractivity contribution is -0.275. The Morgan fingerprint density at radius 1 is 0.812 bits per heavy atom. The van der Waals surface area contributed by atoms with Crippen LogP contribution in [-0.2, 0) is 4.79 Å². The lowest BCUT2D eigenvalue weighted by atomic mass is 9.32. The lowest BCUT2D eigenvalue weighted by Crippen LogP contribution is -2.69. The summed E-state index contributed by atoms with van der Waals surface area (Å²) < 4.78 is 0. The van der Waals surface area contributed by atoms with Crippen LogP contribution in [-0.4, -0.2) is 28.2 Å². The summed E-state index contributed by atoms with van der Waals surface area (Å²) in [7, 11) is 0. The first kappa shape index (κ1) is 23.3. The predicted molar refractivity (Wildman–Crippen MR) is 128 cm³/mol. The Kier molecular flexibility index (Phi) is 4.99. The first-order chi connectivity index (χ1) is 14.7. The van der Waals surface area contributed by atoms with Gasteiger partial charge in [-0.25, -0.2) is 0 Å². The van der Waals surface area contributed by atoms with Crippen molar-refractivity contribution in [2.45, 2.75) is 118 Å². The van der Waals surface area contributed by atoms with Crippen LogP contribution in [0.2, 0.25) is 0 Å². The molecule has 3 heteroatoms. The molecule has 0 bridgehead atoms. The first-order valence-electron chi connectivity index (χ1n) is 13.6. The topological polar surface area (TPSA) is 57.5 Å². The Morgan fingerprint density at radius 3 is 2.16 bits per heavy atom. The summed E-state index contributed by atoms with van der Waals surface area (Å²) in [5.41, 5.74) is 0.501. The van der Waals surface area contributed by atoms with Crippen molar-refractivity contribution in [2.75, 3.05) is 0 Å². The average Bonchev–Trinajstić information content (AvgIpc) is 3.05. The van der Waals surface area contributed by atoms with E-state index in [9.17, 15) is 15.0 Å². The van der Waals surface area contributed by atoms with E-state index in [1.165, 1.54) is 19.3 Å². The zero-order valence-electron chi connectivity index (χ0n) is 21.7. The van der Waals surface area contributed by atoms with Crippen LogP contribution in [0, 0.1) is 56.7 Å². The Balaban J connectivity index is 1.59. The standard InChI is InChI=1S/C29H48O3/c1-17(30)18-8-11-26(4)14-15-28(6)19(23(18)26)16-20(31)24-27(5)12-10-22(32)25(2,3)21(27)9-13-29(24,28)7/h18-24,31-32H,8-16H2,1-7H3. The van der Waals surface area contributed by atoms with E-state index in [0.717, 1.165) is 38.5 Å². The highest BCUT2D eigenvalue weighted by molar-refractivity contribution is 5.79. The average molecular weight is 445 g/mol. The molecule has 182 valence electrons. The second-order valence-corrected chi connectivity index (χ2v) is 14.6. The summed E-state index contributed by atoms with van der Waals surface area (Å²) in [6.45, 7) is 16.3. The predicted octanol–water partition coefficient (Wildman–Crippen LogP) is 6.01. The zero-order valence-corrected chi connectivity index (χ0v) is 21.7. The zero-order chi connectivity index (χ0) is 23.5. The molecule has 0 heterocycles. The monoisotopic (exact) mass is 444 g/mol. The van der Waals surface area contributed by atoms with Gasteiger partial charge in [0.15, 0.2) is 0 Å². The van der Waals surface area contributed by atoms with E-state index in [2.05, 4.69) is 41.5 Å². The van der Waals surface area contributed by atoms with Crippen LogP contribution in [0.1, 0.15) is 106 Å². The molecular weight excluding hydrogens is 396 g/mol. The minimum Gasteiger partial charge on any atom is -0.393 e. The van der Waals surface area contributed by atoms with Gasteiger partial charge in [0, 0.05) is 5.92 Å². The maximum Gasteiger partial charge on any atom is 0.133 e. The molecule has 11 atom stereocenters. The van der Waals surface area contributed by atoms with Gasteiger partial charge in [-0.1, -0.05) is 41.5 Å². The van der Waals surface area contributed by atoms with Gasteiger partial charge < -0.3 is 10.2 Å². The normalized spacial score (nSPS) is 58.8. The number of carbonyl (C=O) groups excluding carboxylic acids is 1. The summed E-state index contributed by atoms with van der Waals surface area (Å²) in [5, 5.41) is 22.8. The molecule has 32 heavy (non-hydrogen) atoms. The highest BCUT2D eigenvalue weighted by atomic mass is 16.3. The molecule has 0 aromatic carbocycles. The number of hydrogen-bond acceptors (Lipinski definition) is 3. The molecule has 5 aliphatic rings. The number of aliphatic hydroxyl groups excluding tert-OH is 2. The molecule has 0 aliphatic heterocycles. The molecule has 0 saturated heterocycles. The maximum atomic E-state index is 12.7. The van der Waals surface area contributed by atoms with Crippen LogP contribution in [0.3, 0.4) is 0 Å². The molecule has 0 spiro atoms. The molecule has 11 unspecified atom stereocenters. The van der Waals surface area contributed by atoms with Gasteiger partial charge in [-0.2, -0.15) is 0 Å². The Morgan fingerprint density at radius 2 is 1.50 bits per heavy atom.